The molecular weight excluding hydrogens is 258 g/mol. The summed E-state index contributed by atoms with van der Waals surface area (Å²) < 4.78 is 16.2. The average molecular weight is 283 g/mol. The second kappa shape index (κ2) is 6.81. The maximum Gasteiger partial charge on any atom is 0.137 e. The molecule has 5 heteroatoms. The molecule has 5 nitrogen and oxygen atoms in total. The van der Waals surface area contributed by atoms with Crippen molar-refractivity contribution in [1.29, 1.82) is 0 Å². The lowest BCUT2D eigenvalue weighted by molar-refractivity contribution is 0.0589. The van der Waals surface area contributed by atoms with E-state index in [4.69, 9.17) is 19.9 Å². The molecule has 2 atom stereocenters. The van der Waals surface area contributed by atoms with Gasteiger partial charge in [-0.25, -0.2) is 0 Å². The van der Waals surface area contributed by atoms with Crippen LogP contribution in [0.2, 0.25) is 0 Å². The zero-order valence-electron chi connectivity index (χ0n) is 12.8. The number of aliphatic hydroxyl groups excluding tert-OH is 1. The molecule has 0 saturated heterocycles. The van der Waals surface area contributed by atoms with E-state index < -0.39 is 6.10 Å². The minimum Gasteiger partial charge on any atom is -0.496 e. The first-order valence-electron chi connectivity index (χ1n) is 6.58. The molecule has 0 radical (unpaired) electrons. The van der Waals surface area contributed by atoms with Crippen molar-refractivity contribution in [2.45, 2.75) is 32.9 Å². The largest absolute Gasteiger partial charge is 0.496 e. The number of hydrogen-bond donors (Lipinski definition) is 2. The third-order valence-corrected chi connectivity index (χ3v) is 3.19. The molecule has 1 aromatic carbocycles. The average Bonchev–Trinajstić information content (AvgIpc) is 2.42. The van der Waals surface area contributed by atoms with E-state index in [0.717, 1.165) is 0 Å². The minimum atomic E-state index is -0.494. The van der Waals surface area contributed by atoms with Crippen molar-refractivity contribution < 1.29 is 19.3 Å². The predicted molar refractivity (Wildman–Crippen MR) is 78.5 cm³/mol. The lowest BCUT2D eigenvalue weighted by Crippen LogP contribution is -2.49. The van der Waals surface area contributed by atoms with Crippen LogP contribution in [-0.4, -0.2) is 38.1 Å². The Hall–Kier alpha value is -1.46. The van der Waals surface area contributed by atoms with E-state index in [2.05, 4.69) is 0 Å². The summed E-state index contributed by atoms with van der Waals surface area (Å²) in [5, 5.41) is 9.51. The summed E-state index contributed by atoms with van der Waals surface area (Å²) in [7, 11) is 3.14. The van der Waals surface area contributed by atoms with Crippen molar-refractivity contribution in [2.24, 2.45) is 11.1 Å². The summed E-state index contributed by atoms with van der Waals surface area (Å²) in [5.74, 6) is 1.81. The Labute approximate surface area is 120 Å². The number of benzene rings is 1. The van der Waals surface area contributed by atoms with Crippen LogP contribution in [0.3, 0.4) is 0 Å². The van der Waals surface area contributed by atoms with Gasteiger partial charge in [0.2, 0.25) is 0 Å². The molecule has 0 heterocycles. The van der Waals surface area contributed by atoms with Crippen LogP contribution in [0.5, 0.6) is 17.2 Å². The quantitative estimate of drug-likeness (QED) is 0.833. The highest BCUT2D eigenvalue weighted by Crippen LogP contribution is 2.29. The monoisotopic (exact) mass is 283 g/mol. The molecule has 114 valence electrons. The molecule has 3 N–H and O–H groups in total. The van der Waals surface area contributed by atoms with Gasteiger partial charge in [-0.2, -0.15) is 0 Å². The Morgan fingerprint density at radius 1 is 1.05 bits per heavy atom. The molecule has 1 aromatic rings. The third kappa shape index (κ3) is 4.28. The summed E-state index contributed by atoms with van der Waals surface area (Å²) in [6, 6.07) is 4.93. The fraction of sp³-hybridized carbons (Fsp3) is 0.600. The summed E-state index contributed by atoms with van der Waals surface area (Å²) >= 11 is 0. The number of hydrogen-bond acceptors (Lipinski definition) is 5. The molecule has 0 amide bonds. The SMILES string of the molecule is COc1cc(OC)cc(OC(CO)C(N)C(C)(C)C)c1. The molecule has 1 rings (SSSR count). The first-order valence-corrected chi connectivity index (χ1v) is 6.58. The second-order valence-corrected chi connectivity index (χ2v) is 5.78. The Kier molecular flexibility index (Phi) is 5.65. The molecule has 0 fully saturated rings. The maximum absolute atomic E-state index is 9.51. The lowest BCUT2D eigenvalue weighted by atomic mass is 9.84. The molecular formula is C15H25NO4. The second-order valence-electron chi connectivity index (χ2n) is 5.78. The van der Waals surface area contributed by atoms with Crippen LogP contribution in [0, 0.1) is 5.41 Å². The van der Waals surface area contributed by atoms with E-state index in [1.807, 2.05) is 20.8 Å². The fourth-order valence-corrected chi connectivity index (χ4v) is 1.81. The van der Waals surface area contributed by atoms with E-state index in [1.54, 1.807) is 32.4 Å². The number of ether oxygens (including phenoxy) is 3. The van der Waals surface area contributed by atoms with Gasteiger partial charge in [0.1, 0.15) is 23.4 Å². The molecule has 0 bridgehead atoms. The molecule has 20 heavy (non-hydrogen) atoms. The van der Waals surface area contributed by atoms with Crippen molar-refractivity contribution >= 4 is 0 Å². The third-order valence-electron chi connectivity index (χ3n) is 3.19. The fourth-order valence-electron chi connectivity index (χ4n) is 1.81. The highest BCUT2D eigenvalue weighted by Gasteiger charge is 2.30. The maximum atomic E-state index is 9.51. The van der Waals surface area contributed by atoms with Gasteiger partial charge in [0, 0.05) is 24.2 Å². The lowest BCUT2D eigenvalue weighted by Gasteiger charge is -2.33. The van der Waals surface area contributed by atoms with Gasteiger partial charge < -0.3 is 25.1 Å². The molecule has 2 unspecified atom stereocenters. The Morgan fingerprint density at radius 3 is 1.85 bits per heavy atom. The van der Waals surface area contributed by atoms with Crippen molar-refractivity contribution in [2.75, 3.05) is 20.8 Å². The number of aliphatic hydroxyl groups is 1. The van der Waals surface area contributed by atoms with E-state index >= 15 is 0 Å². The normalized spacial score (nSPS) is 14.6. The topological polar surface area (TPSA) is 73.9 Å². The zero-order valence-corrected chi connectivity index (χ0v) is 12.8. The van der Waals surface area contributed by atoms with Crippen molar-refractivity contribution in [3.8, 4) is 17.2 Å². The van der Waals surface area contributed by atoms with Gasteiger partial charge in [-0.3, -0.25) is 0 Å². The smallest absolute Gasteiger partial charge is 0.137 e. The van der Waals surface area contributed by atoms with Gasteiger partial charge in [0.05, 0.1) is 20.8 Å². The van der Waals surface area contributed by atoms with Crippen LogP contribution >= 0.6 is 0 Å². The first-order chi connectivity index (χ1) is 9.31. The Balaban J connectivity index is 2.95. The highest BCUT2D eigenvalue weighted by molar-refractivity contribution is 5.42. The van der Waals surface area contributed by atoms with Crippen LogP contribution in [0.1, 0.15) is 20.8 Å². The van der Waals surface area contributed by atoms with E-state index in [9.17, 15) is 5.11 Å². The van der Waals surface area contributed by atoms with Crippen LogP contribution in [0.25, 0.3) is 0 Å². The first kappa shape index (κ1) is 16.6. The molecule has 0 aliphatic rings. The molecule has 0 saturated carbocycles. The van der Waals surface area contributed by atoms with Crippen LogP contribution in [-0.2, 0) is 0 Å². The Morgan fingerprint density at radius 2 is 1.50 bits per heavy atom. The van der Waals surface area contributed by atoms with Gasteiger partial charge in [0.15, 0.2) is 0 Å². The zero-order chi connectivity index (χ0) is 15.3. The van der Waals surface area contributed by atoms with Crippen molar-refractivity contribution in [3.63, 3.8) is 0 Å². The van der Waals surface area contributed by atoms with Crippen LogP contribution in [0.15, 0.2) is 18.2 Å². The van der Waals surface area contributed by atoms with Gasteiger partial charge in [-0.1, -0.05) is 20.8 Å². The van der Waals surface area contributed by atoms with E-state index in [-0.39, 0.29) is 18.1 Å². The van der Waals surface area contributed by atoms with Crippen molar-refractivity contribution in [1.82, 2.24) is 0 Å². The van der Waals surface area contributed by atoms with Crippen molar-refractivity contribution in [3.05, 3.63) is 18.2 Å². The number of rotatable bonds is 6. The summed E-state index contributed by atoms with van der Waals surface area (Å²) in [5.41, 5.74) is 5.98. The van der Waals surface area contributed by atoms with Gasteiger partial charge in [-0.15, -0.1) is 0 Å². The minimum absolute atomic E-state index is 0.155. The van der Waals surface area contributed by atoms with E-state index in [0.29, 0.717) is 17.2 Å². The van der Waals surface area contributed by atoms with Crippen LogP contribution in [0.4, 0.5) is 0 Å². The molecule has 0 aliphatic carbocycles. The molecule has 0 spiro atoms. The number of methoxy groups -OCH3 is 2. The predicted octanol–water partition coefficient (Wildman–Crippen LogP) is 1.82. The van der Waals surface area contributed by atoms with Gasteiger partial charge in [0.25, 0.3) is 0 Å². The van der Waals surface area contributed by atoms with Gasteiger partial charge >= 0.3 is 0 Å². The summed E-state index contributed by atoms with van der Waals surface area (Å²) in [6.07, 6.45) is -0.494. The molecule has 0 aliphatic heterocycles. The van der Waals surface area contributed by atoms with Crippen LogP contribution < -0.4 is 19.9 Å². The van der Waals surface area contributed by atoms with E-state index in [1.165, 1.54) is 0 Å². The standard InChI is InChI=1S/C15H25NO4/c1-15(2,3)14(16)13(9-17)20-12-7-10(18-4)6-11(8-12)19-5/h6-8,13-14,17H,9,16H2,1-5H3. The highest BCUT2D eigenvalue weighted by atomic mass is 16.5. The molecule has 0 aromatic heterocycles. The van der Waals surface area contributed by atoms with Gasteiger partial charge in [-0.05, 0) is 5.41 Å². The Bertz CT molecular complexity index is 406. The summed E-state index contributed by atoms with van der Waals surface area (Å²) in [6.45, 7) is 5.87. The summed E-state index contributed by atoms with van der Waals surface area (Å²) in [4.78, 5) is 0. The number of nitrogens with two attached hydrogens (primary N) is 1.